The highest BCUT2D eigenvalue weighted by atomic mass is 32.1. The molecule has 1 saturated heterocycles. The molecule has 5 nitrogen and oxygen atoms in total. The predicted molar refractivity (Wildman–Crippen MR) is 67.9 cm³/mol. The number of nitrogens with zero attached hydrogens (tertiary/aromatic N) is 2. The van der Waals surface area contributed by atoms with Crippen molar-refractivity contribution in [2.45, 2.75) is 25.3 Å². The number of aliphatic hydroxyl groups is 1. The zero-order valence-corrected chi connectivity index (χ0v) is 10.3. The van der Waals surface area contributed by atoms with Crippen LogP contribution in [-0.2, 0) is 15.1 Å². The second kappa shape index (κ2) is 4.45. The number of carbonyl (C=O) groups excluding carboxylic acids is 2. The number of aliphatic hydroxyl groups excluding tert-OH is 1. The molecule has 0 spiro atoms. The van der Waals surface area contributed by atoms with E-state index in [0.29, 0.717) is 4.90 Å². The zero-order chi connectivity index (χ0) is 16.8. The summed E-state index contributed by atoms with van der Waals surface area (Å²) < 4.78 is 31.0. The van der Waals surface area contributed by atoms with E-state index in [-0.39, 0.29) is 18.4 Å². The SMILES string of the molecule is [2H]c1nc([2H])c([2H])c(C(C)(C(O)=S)N2C(=O)CCC2=O)c1[2H]. The molecule has 0 aliphatic carbocycles. The Balaban J connectivity index is 2.82. The van der Waals surface area contributed by atoms with E-state index >= 15 is 0 Å². The maximum atomic E-state index is 12.0. The van der Waals surface area contributed by atoms with Crippen LogP contribution in [0.3, 0.4) is 0 Å². The molecular weight excluding hydrogens is 252 g/mol. The Morgan fingerprint density at radius 1 is 1.44 bits per heavy atom. The first-order valence-corrected chi connectivity index (χ1v) is 5.57. The monoisotopic (exact) mass is 268 g/mol. The lowest BCUT2D eigenvalue weighted by Crippen LogP contribution is -2.51. The number of hydrogen-bond acceptors (Lipinski definition) is 4. The van der Waals surface area contributed by atoms with Crippen molar-refractivity contribution in [1.29, 1.82) is 0 Å². The number of imide groups is 1. The molecule has 1 atom stereocenters. The molecule has 18 heavy (non-hydrogen) atoms. The van der Waals surface area contributed by atoms with Crippen LogP contribution >= 0.6 is 12.2 Å². The molecule has 0 aromatic carbocycles. The number of likely N-dealkylation sites (tertiary alicyclic amines) is 1. The molecule has 94 valence electrons. The Hall–Kier alpha value is -1.82. The van der Waals surface area contributed by atoms with Gasteiger partial charge in [0.2, 0.25) is 11.8 Å². The summed E-state index contributed by atoms with van der Waals surface area (Å²) in [6.07, 6.45) is -1.33. The minimum atomic E-state index is -1.96. The van der Waals surface area contributed by atoms with Crippen LogP contribution in [0.25, 0.3) is 0 Å². The van der Waals surface area contributed by atoms with E-state index < -0.39 is 46.8 Å². The molecule has 0 saturated carbocycles. The molecule has 1 unspecified atom stereocenters. The fourth-order valence-electron chi connectivity index (χ4n) is 1.86. The minimum Gasteiger partial charge on any atom is -0.500 e. The average molecular weight is 268 g/mol. The third kappa shape index (κ3) is 1.78. The van der Waals surface area contributed by atoms with Gasteiger partial charge in [0.1, 0.15) is 5.54 Å². The number of pyridine rings is 1. The van der Waals surface area contributed by atoms with Crippen molar-refractivity contribution in [3.8, 4) is 0 Å². The lowest BCUT2D eigenvalue weighted by atomic mass is 9.91. The summed E-state index contributed by atoms with van der Waals surface area (Å²) in [7, 11) is 0. The van der Waals surface area contributed by atoms with E-state index in [1.807, 2.05) is 0 Å². The Labute approximate surface area is 115 Å². The van der Waals surface area contributed by atoms with Crippen LogP contribution in [0, 0.1) is 0 Å². The standard InChI is InChI=1S/C12H12N2O3S/c1-12(11(17)18,8-4-6-13-7-5-8)14-9(15)2-3-10(14)16/h4-7H,2-3H2,1H3,(H,17,18)/i4D,5D,6D,7D. The van der Waals surface area contributed by atoms with E-state index in [4.69, 9.17) is 17.7 Å². The summed E-state index contributed by atoms with van der Waals surface area (Å²) in [6.45, 7) is 1.22. The van der Waals surface area contributed by atoms with E-state index in [1.165, 1.54) is 6.92 Å². The molecule has 2 heterocycles. The second-order valence-electron chi connectivity index (χ2n) is 3.96. The van der Waals surface area contributed by atoms with E-state index in [0.717, 1.165) is 0 Å². The van der Waals surface area contributed by atoms with Crippen LogP contribution in [0.5, 0.6) is 0 Å². The molecule has 1 N–H and O–H groups in total. The smallest absolute Gasteiger partial charge is 0.230 e. The predicted octanol–water partition coefficient (Wildman–Crippen LogP) is 1.33. The van der Waals surface area contributed by atoms with Gasteiger partial charge in [0.15, 0.2) is 5.05 Å². The largest absolute Gasteiger partial charge is 0.500 e. The summed E-state index contributed by atoms with van der Waals surface area (Å²) in [5.74, 6) is -1.20. The Morgan fingerprint density at radius 3 is 2.39 bits per heavy atom. The summed E-state index contributed by atoms with van der Waals surface area (Å²) >= 11 is 4.76. The van der Waals surface area contributed by atoms with Crippen LogP contribution < -0.4 is 0 Å². The first kappa shape index (κ1) is 8.31. The topological polar surface area (TPSA) is 70.5 Å². The van der Waals surface area contributed by atoms with E-state index in [2.05, 4.69) is 4.98 Å². The van der Waals surface area contributed by atoms with Gasteiger partial charge in [-0.3, -0.25) is 19.5 Å². The number of hydrogen-bond donors (Lipinski definition) is 1. The summed E-state index contributed by atoms with van der Waals surface area (Å²) in [5, 5.41) is 9.14. The minimum absolute atomic E-state index is 0.0652. The molecule has 0 bridgehead atoms. The molecule has 2 rings (SSSR count). The van der Waals surface area contributed by atoms with Crippen molar-refractivity contribution in [1.82, 2.24) is 9.88 Å². The van der Waals surface area contributed by atoms with Crippen LogP contribution in [0.2, 0.25) is 0 Å². The summed E-state index contributed by atoms with van der Waals surface area (Å²) in [5.41, 5.74) is -2.31. The fourth-order valence-corrected chi connectivity index (χ4v) is 2.05. The third-order valence-electron chi connectivity index (χ3n) is 2.88. The van der Waals surface area contributed by atoms with E-state index in [9.17, 15) is 14.7 Å². The van der Waals surface area contributed by atoms with Gasteiger partial charge in [-0.1, -0.05) is 0 Å². The highest BCUT2D eigenvalue weighted by molar-refractivity contribution is 7.80. The molecule has 1 aromatic heterocycles. The quantitative estimate of drug-likeness (QED) is 0.661. The van der Waals surface area contributed by atoms with Crippen molar-refractivity contribution < 1.29 is 20.2 Å². The molecular formula is C12H12N2O3S. The number of carbonyl (C=O) groups is 2. The van der Waals surface area contributed by atoms with Gasteiger partial charge in [0, 0.05) is 25.2 Å². The van der Waals surface area contributed by atoms with Gasteiger partial charge in [-0.2, -0.15) is 0 Å². The highest BCUT2D eigenvalue weighted by Gasteiger charge is 2.47. The number of amides is 2. The average Bonchev–Trinajstić information content (AvgIpc) is 2.76. The van der Waals surface area contributed by atoms with Gasteiger partial charge in [-0.05, 0) is 36.8 Å². The molecule has 1 aromatic rings. The molecule has 1 fully saturated rings. The van der Waals surface area contributed by atoms with Gasteiger partial charge in [0.05, 0.1) is 5.48 Å². The maximum absolute atomic E-state index is 12.0. The lowest BCUT2D eigenvalue weighted by molar-refractivity contribution is -0.143. The molecule has 6 heteroatoms. The number of thiocarbonyl (C=S) groups is 1. The fraction of sp³-hybridized carbons (Fsp3) is 0.333. The first-order valence-electron chi connectivity index (χ1n) is 7.16. The normalized spacial score (nSPS) is 21.9. The van der Waals surface area contributed by atoms with Crippen LogP contribution in [0.15, 0.2) is 24.4 Å². The van der Waals surface area contributed by atoms with Crippen molar-refractivity contribution in [2.75, 3.05) is 0 Å². The summed E-state index contributed by atoms with van der Waals surface area (Å²) in [6, 6.07) is -1.13. The van der Waals surface area contributed by atoms with Gasteiger partial charge in [-0.25, -0.2) is 0 Å². The summed E-state index contributed by atoms with van der Waals surface area (Å²) in [4.78, 5) is 28.1. The van der Waals surface area contributed by atoms with E-state index in [1.54, 1.807) is 0 Å². The van der Waals surface area contributed by atoms with Crippen LogP contribution in [-0.4, -0.2) is 31.9 Å². The highest BCUT2D eigenvalue weighted by Crippen LogP contribution is 2.33. The zero-order valence-electron chi connectivity index (χ0n) is 13.5. The molecule has 1 aliphatic heterocycles. The van der Waals surface area contributed by atoms with Crippen molar-refractivity contribution in [3.05, 3.63) is 30.0 Å². The maximum Gasteiger partial charge on any atom is 0.230 e. The van der Waals surface area contributed by atoms with Gasteiger partial charge in [0.25, 0.3) is 0 Å². The Kier molecular flexibility index (Phi) is 2.06. The molecule has 2 amide bonds. The van der Waals surface area contributed by atoms with Gasteiger partial charge >= 0.3 is 0 Å². The van der Waals surface area contributed by atoms with Crippen molar-refractivity contribution in [3.63, 3.8) is 0 Å². The number of rotatable bonds is 3. The second-order valence-corrected chi connectivity index (χ2v) is 4.35. The van der Waals surface area contributed by atoms with Crippen molar-refractivity contribution >= 4 is 29.1 Å². The van der Waals surface area contributed by atoms with Crippen LogP contribution in [0.1, 0.15) is 30.8 Å². The number of aromatic nitrogens is 1. The Bertz CT molecular complexity index is 670. The van der Waals surface area contributed by atoms with Crippen molar-refractivity contribution in [2.24, 2.45) is 0 Å². The van der Waals surface area contributed by atoms with Crippen LogP contribution in [0.4, 0.5) is 0 Å². The third-order valence-corrected chi connectivity index (χ3v) is 3.27. The first-order chi connectivity index (χ1) is 10.1. The lowest BCUT2D eigenvalue weighted by Gasteiger charge is -2.35. The van der Waals surface area contributed by atoms with Gasteiger partial charge < -0.3 is 5.11 Å². The molecule has 0 radical (unpaired) electrons. The van der Waals surface area contributed by atoms with Gasteiger partial charge in [-0.15, -0.1) is 0 Å². The molecule has 1 aliphatic rings. The Morgan fingerprint density at radius 2 is 1.94 bits per heavy atom.